The van der Waals surface area contributed by atoms with Crippen LogP contribution in [0.4, 0.5) is 26.3 Å². The minimum atomic E-state index is -4.83. The Morgan fingerprint density at radius 3 is 1.34 bits per heavy atom. The van der Waals surface area contributed by atoms with Crippen molar-refractivity contribution in [3.8, 4) is 74.2 Å². The van der Waals surface area contributed by atoms with Crippen LogP contribution in [0.15, 0.2) is 96.1 Å². The van der Waals surface area contributed by atoms with Crippen LogP contribution in [0.5, 0.6) is 11.5 Å². The molecule has 244 valence electrons. The number of rotatable bonds is 4. The van der Waals surface area contributed by atoms with Gasteiger partial charge in [-0.2, -0.15) is 15.8 Å². The van der Waals surface area contributed by atoms with Gasteiger partial charge in [-0.25, -0.2) is 0 Å². The summed E-state index contributed by atoms with van der Waals surface area (Å²) in [5.41, 5.74) is 8.45. The number of thiophene rings is 1. The van der Waals surface area contributed by atoms with E-state index in [1.807, 2.05) is 36.4 Å². The van der Waals surface area contributed by atoms with Crippen molar-refractivity contribution in [3.63, 3.8) is 0 Å². The summed E-state index contributed by atoms with van der Waals surface area (Å²) in [5, 5.41) is 30.0. The van der Waals surface area contributed by atoms with Crippen molar-refractivity contribution in [2.24, 2.45) is 0 Å². The summed E-state index contributed by atoms with van der Waals surface area (Å²) < 4.78 is 84.2. The van der Waals surface area contributed by atoms with Gasteiger partial charge < -0.3 is 9.47 Å². The molecule has 0 saturated heterocycles. The second kappa shape index (κ2) is 11.7. The molecular weight excluding hydrogens is 676 g/mol. The van der Waals surface area contributed by atoms with Crippen LogP contribution >= 0.6 is 11.3 Å². The summed E-state index contributed by atoms with van der Waals surface area (Å²) in [4.78, 5) is 1.45. The number of halogens is 6. The van der Waals surface area contributed by atoms with Crippen LogP contribution in [0.3, 0.4) is 0 Å². The molecule has 4 aromatic carbocycles. The molecule has 0 saturated carbocycles. The Morgan fingerprint density at radius 2 is 0.940 bits per heavy atom. The van der Waals surface area contributed by atoms with Crippen molar-refractivity contribution in [1.29, 1.82) is 15.8 Å². The van der Waals surface area contributed by atoms with Crippen molar-refractivity contribution in [2.75, 3.05) is 0 Å². The lowest BCUT2D eigenvalue weighted by molar-refractivity contribution is -0.275. The normalized spacial score (nSPS) is 13.6. The summed E-state index contributed by atoms with van der Waals surface area (Å²) in [6.07, 6.45) is -9.66. The summed E-state index contributed by atoms with van der Waals surface area (Å²) in [6.45, 7) is 1.69. The zero-order valence-corrected chi connectivity index (χ0v) is 26.2. The number of alkyl halides is 6. The Kier molecular flexibility index (Phi) is 7.55. The van der Waals surface area contributed by atoms with Gasteiger partial charge in [-0.1, -0.05) is 48.5 Å². The molecule has 2 aliphatic rings. The number of fused-ring (bicyclic) bond motifs is 7. The first kappa shape index (κ1) is 32.3. The highest BCUT2D eigenvalue weighted by atomic mass is 32.1. The Balaban J connectivity index is 1.37. The molecule has 0 fully saturated rings. The Morgan fingerprint density at radius 1 is 0.540 bits per heavy atom. The Labute approximate surface area is 284 Å². The van der Waals surface area contributed by atoms with Gasteiger partial charge in [-0.3, -0.25) is 0 Å². The first-order valence-corrected chi connectivity index (χ1v) is 15.5. The minimum absolute atomic E-state index is 0.118. The Hall–Kier alpha value is -6.29. The molecule has 0 bridgehead atoms. The lowest BCUT2D eigenvalue weighted by Crippen LogP contribution is -2.16. The highest BCUT2D eigenvalue weighted by molar-refractivity contribution is 7.16. The molecule has 0 unspecified atom stereocenters. The van der Waals surface area contributed by atoms with Crippen molar-refractivity contribution in [3.05, 3.63) is 117 Å². The molecule has 0 amide bonds. The summed E-state index contributed by atoms with van der Waals surface area (Å²) in [7, 11) is 0. The smallest absolute Gasteiger partial charge is 0.406 e. The van der Waals surface area contributed by atoms with E-state index >= 15 is 0 Å². The fourth-order valence-corrected chi connectivity index (χ4v) is 7.86. The van der Waals surface area contributed by atoms with E-state index < -0.39 is 12.7 Å². The minimum Gasteiger partial charge on any atom is -0.406 e. The van der Waals surface area contributed by atoms with E-state index in [0.717, 1.165) is 32.7 Å². The Bertz CT molecular complexity index is 2420. The van der Waals surface area contributed by atoms with Gasteiger partial charge >= 0.3 is 12.7 Å². The molecular formula is C38H17F6N3O2S. The van der Waals surface area contributed by atoms with Crippen molar-refractivity contribution < 1.29 is 35.8 Å². The largest absolute Gasteiger partial charge is 0.573 e. The van der Waals surface area contributed by atoms with Crippen LogP contribution in [0.1, 0.15) is 27.8 Å². The van der Waals surface area contributed by atoms with E-state index in [1.54, 1.807) is 19.1 Å². The van der Waals surface area contributed by atoms with Crippen LogP contribution in [-0.4, -0.2) is 12.7 Å². The predicted molar refractivity (Wildman–Crippen MR) is 174 cm³/mol. The first-order valence-electron chi connectivity index (χ1n) is 14.6. The number of hydrogen-bond acceptors (Lipinski definition) is 6. The quantitative estimate of drug-likeness (QED) is 0.135. The van der Waals surface area contributed by atoms with Gasteiger partial charge in [0.25, 0.3) is 0 Å². The van der Waals surface area contributed by atoms with Gasteiger partial charge in [-0.15, -0.1) is 37.7 Å². The number of benzene rings is 4. The third-order valence-corrected chi connectivity index (χ3v) is 9.56. The summed E-state index contributed by atoms with van der Waals surface area (Å²) in [5.74, 6) is -0.726. The van der Waals surface area contributed by atoms with Crippen LogP contribution < -0.4 is 9.47 Å². The molecule has 0 atom stereocenters. The van der Waals surface area contributed by atoms with E-state index in [2.05, 4.69) is 15.5 Å². The monoisotopic (exact) mass is 693 g/mol. The predicted octanol–water partition coefficient (Wildman–Crippen LogP) is 11.0. The van der Waals surface area contributed by atoms with E-state index in [0.29, 0.717) is 49.4 Å². The highest BCUT2D eigenvalue weighted by Crippen LogP contribution is 2.61. The standard InChI is InChI=1S/C38H17F6N3O2S/c1-19(16-45)31-29-14-22(20-2-8-25(9-3-20)48-37(39,40)41)6-12-27(29)33-34-28-13-7-23(21-4-10-26(11-5-21)49-38(42,43)44)15-30(28)32(24(17-46)18-47)36(34)50-35(31)33/h2-15H,1H3/b31-19+. The molecule has 0 N–H and O–H groups in total. The average molecular weight is 694 g/mol. The molecule has 2 aliphatic carbocycles. The van der Waals surface area contributed by atoms with Crippen LogP contribution in [0, 0.1) is 34.0 Å². The first-order chi connectivity index (χ1) is 23.8. The molecule has 0 aliphatic heterocycles. The second-order valence-electron chi connectivity index (χ2n) is 11.3. The molecule has 7 rings (SSSR count). The van der Waals surface area contributed by atoms with Crippen molar-refractivity contribution in [1.82, 2.24) is 0 Å². The molecule has 5 aromatic rings. The molecule has 1 heterocycles. The fourth-order valence-electron chi connectivity index (χ4n) is 6.35. The molecule has 50 heavy (non-hydrogen) atoms. The summed E-state index contributed by atoms with van der Waals surface area (Å²) >= 11 is 1.35. The third kappa shape index (κ3) is 5.54. The molecule has 0 radical (unpaired) electrons. The lowest BCUT2D eigenvalue weighted by Gasteiger charge is -2.11. The van der Waals surface area contributed by atoms with Gasteiger partial charge in [0.15, 0.2) is 0 Å². The number of nitriles is 3. The second-order valence-corrected chi connectivity index (χ2v) is 12.3. The fraction of sp³-hybridized carbons (Fsp3) is 0.0789. The maximum absolute atomic E-state index is 12.7. The van der Waals surface area contributed by atoms with Gasteiger partial charge in [0.2, 0.25) is 0 Å². The highest BCUT2D eigenvalue weighted by Gasteiger charge is 2.39. The van der Waals surface area contributed by atoms with Gasteiger partial charge in [0, 0.05) is 37.6 Å². The maximum Gasteiger partial charge on any atom is 0.573 e. The molecule has 12 heteroatoms. The van der Waals surface area contributed by atoms with E-state index in [4.69, 9.17) is 0 Å². The maximum atomic E-state index is 12.7. The zero-order chi connectivity index (χ0) is 35.5. The lowest BCUT2D eigenvalue weighted by atomic mass is 9.94. The SMILES string of the molecule is C/C(C#N)=C1/c2cc(-c3ccc(OC(F)(F)F)cc3)ccc2-c2c1sc1c2-c2ccc(-c3ccc(OC(F)(F)F)cc3)cc2C1=C(C#N)C#N. The third-order valence-electron chi connectivity index (χ3n) is 8.34. The van der Waals surface area contributed by atoms with E-state index in [-0.39, 0.29) is 17.1 Å². The van der Waals surface area contributed by atoms with E-state index in [9.17, 15) is 42.1 Å². The molecule has 5 nitrogen and oxygen atoms in total. The summed E-state index contributed by atoms with van der Waals surface area (Å²) in [6, 6.07) is 28.1. The number of ether oxygens (including phenoxy) is 2. The van der Waals surface area contributed by atoms with Crippen LogP contribution in [0.25, 0.3) is 55.7 Å². The van der Waals surface area contributed by atoms with Gasteiger partial charge in [0.05, 0.1) is 6.07 Å². The zero-order valence-electron chi connectivity index (χ0n) is 25.4. The van der Waals surface area contributed by atoms with Crippen LogP contribution in [-0.2, 0) is 0 Å². The van der Waals surface area contributed by atoms with Gasteiger partial charge in [-0.05, 0) is 87.8 Å². The number of nitrogens with zero attached hydrogens (tertiary/aromatic N) is 3. The van der Waals surface area contributed by atoms with Gasteiger partial charge in [0.1, 0.15) is 29.2 Å². The molecule has 0 spiro atoms. The van der Waals surface area contributed by atoms with Crippen molar-refractivity contribution in [2.45, 2.75) is 19.6 Å². The molecule has 1 aromatic heterocycles. The van der Waals surface area contributed by atoms with E-state index in [1.165, 1.54) is 59.9 Å². The average Bonchev–Trinajstić information content (AvgIpc) is 3.69. The number of hydrogen-bond donors (Lipinski definition) is 0. The number of allylic oxidation sites excluding steroid dienone is 2. The van der Waals surface area contributed by atoms with Crippen molar-refractivity contribution >= 4 is 22.5 Å². The topological polar surface area (TPSA) is 89.8 Å². The van der Waals surface area contributed by atoms with Crippen LogP contribution in [0.2, 0.25) is 0 Å².